The van der Waals surface area contributed by atoms with E-state index < -0.39 is 34.8 Å². The highest BCUT2D eigenvalue weighted by Crippen LogP contribution is 2.26. The van der Waals surface area contributed by atoms with E-state index >= 15 is 0 Å². The van der Waals surface area contributed by atoms with Crippen molar-refractivity contribution in [2.75, 3.05) is 6.61 Å². The van der Waals surface area contributed by atoms with Crippen LogP contribution in [0.4, 0.5) is 17.6 Å². The SMILES string of the molecule is CCOc1cc(F)c(C(=O)Oc2ccc3cc(F)c(F)cc3c2)c(F)c1. The first-order chi connectivity index (χ1) is 12.4. The van der Waals surface area contributed by atoms with Crippen molar-refractivity contribution < 1.29 is 31.8 Å². The predicted octanol–water partition coefficient (Wildman–Crippen LogP) is 5.01. The number of hydrogen-bond acceptors (Lipinski definition) is 3. The van der Waals surface area contributed by atoms with Gasteiger partial charge in [-0.3, -0.25) is 0 Å². The summed E-state index contributed by atoms with van der Waals surface area (Å²) in [5, 5.41) is 0.643. The molecule has 0 aliphatic rings. The van der Waals surface area contributed by atoms with E-state index in [0.717, 1.165) is 24.3 Å². The van der Waals surface area contributed by atoms with Crippen molar-refractivity contribution >= 4 is 16.7 Å². The van der Waals surface area contributed by atoms with Gasteiger partial charge in [0.1, 0.15) is 28.7 Å². The van der Waals surface area contributed by atoms with Gasteiger partial charge in [-0.1, -0.05) is 6.07 Å². The third-order valence-corrected chi connectivity index (χ3v) is 3.59. The summed E-state index contributed by atoms with van der Waals surface area (Å²) in [4.78, 5) is 12.1. The molecule has 0 fully saturated rings. The Bertz CT molecular complexity index is 978. The summed E-state index contributed by atoms with van der Waals surface area (Å²) in [6.07, 6.45) is 0. The highest BCUT2D eigenvalue weighted by molar-refractivity contribution is 5.93. The van der Waals surface area contributed by atoms with Gasteiger partial charge in [-0.05, 0) is 42.0 Å². The third kappa shape index (κ3) is 3.46. The van der Waals surface area contributed by atoms with Crippen molar-refractivity contribution in [3.05, 3.63) is 71.3 Å². The Morgan fingerprint density at radius 1 is 0.808 bits per heavy atom. The molecule has 0 unspecified atom stereocenters. The van der Waals surface area contributed by atoms with Gasteiger partial charge in [-0.25, -0.2) is 22.4 Å². The van der Waals surface area contributed by atoms with Gasteiger partial charge in [0.05, 0.1) is 6.61 Å². The first-order valence-electron chi connectivity index (χ1n) is 7.62. The van der Waals surface area contributed by atoms with Crippen LogP contribution in [0.25, 0.3) is 10.8 Å². The summed E-state index contributed by atoms with van der Waals surface area (Å²) in [7, 11) is 0. The quantitative estimate of drug-likeness (QED) is 0.371. The van der Waals surface area contributed by atoms with Gasteiger partial charge in [-0.15, -0.1) is 0 Å². The van der Waals surface area contributed by atoms with Crippen molar-refractivity contribution in [3.63, 3.8) is 0 Å². The van der Waals surface area contributed by atoms with Crippen LogP contribution >= 0.6 is 0 Å². The minimum absolute atomic E-state index is 0.0535. The minimum Gasteiger partial charge on any atom is -0.494 e. The lowest BCUT2D eigenvalue weighted by Gasteiger charge is -2.09. The molecule has 0 amide bonds. The molecule has 0 aliphatic carbocycles. The lowest BCUT2D eigenvalue weighted by Crippen LogP contribution is -2.13. The molecule has 0 saturated carbocycles. The molecular weight excluding hydrogens is 352 g/mol. The highest BCUT2D eigenvalue weighted by atomic mass is 19.2. The van der Waals surface area contributed by atoms with Crippen molar-refractivity contribution in [1.82, 2.24) is 0 Å². The van der Waals surface area contributed by atoms with Crippen LogP contribution in [0.15, 0.2) is 42.5 Å². The average Bonchev–Trinajstić information content (AvgIpc) is 2.56. The molecule has 0 atom stereocenters. The van der Waals surface area contributed by atoms with E-state index in [1.165, 1.54) is 18.2 Å². The Morgan fingerprint density at radius 2 is 1.42 bits per heavy atom. The van der Waals surface area contributed by atoms with Crippen molar-refractivity contribution in [3.8, 4) is 11.5 Å². The fourth-order valence-corrected chi connectivity index (χ4v) is 2.44. The summed E-state index contributed by atoms with van der Waals surface area (Å²) in [5.74, 6) is -5.72. The second-order valence-electron chi connectivity index (χ2n) is 5.36. The number of rotatable bonds is 4. The normalized spacial score (nSPS) is 10.8. The molecule has 0 N–H and O–H groups in total. The summed E-state index contributed by atoms with van der Waals surface area (Å²) in [6, 6.07) is 7.64. The van der Waals surface area contributed by atoms with E-state index in [1.54, 1.807) is 6.92 Å². The van der Waals surface area contributed by atoms with Gasteiger partial charge in [-0.2, -0.15) is 0 Å². The summed E-state index contributed by atoms with van der Waals surface area (Å²) >= 11 is 0. The first-order valence-corrected chi connectivity index (χ1v) is 7.62. The molecule has 7 heteroatoms. The number of esters is 1. The molecule has 26 heavy (non-hydrogen) atoms. The van der Waals surface area contributed by atoms with Crippen LogP contribution in [-0.2, 0) is 0 Å². The molecule has 0 heterocycles. The van der Waals surface area contributed by atoms with Crippen molar-refractivity contribution in [2.45, 2.75) is 6.92 Å². The maximum absolute atomic E-state index is 14.0. The van der Waals surface area contributed by atoms with Crippen LogP contribution in [0.3, 0.4) is 0 Å². The van der Waals surface area contributed by atoms with Gasteiger partial charge < -0.3 is 9.47 Å². The summed E-state index contributed by atoms with van der Waals surface area (Å²) in [6.45, 7) is 1.85. The first kappa shape index (κ1) is 17.7. The molecular formula is C19H12F4O3. The molecule has 3 aromatic rings. The van der Waals surface area contributed by atoms with E-state index in [2.05, 4.69) is 0 Å². The number of carbonyl (C=O) groups is 1. The monoisotopic (exact) mass is 364 g/mol. The Morgan fingerprint density at radius 3 is 2.04 bits per heavy atom. The van der Waals surface area contributed by atoms with Gasteiger partial charge >= 0.3 is 5.97 Å². The highest BCUT2D eigenvalue weighted by Gasteiger charge is 2.21. The second kappa shape index (κ2) is 7.03. The van der Waals surface area contributed by atoms with Crippen LogP contribution in [0.2, 0.25) is 0 Å². The summed E-state index contributed by atoms with van der Waals surface area (Å²) < 4.78 is 64.5. The van der Waals surface area contributed by atoms with E-state index in [-0.39, 0.29) is 23.5 Å². The molecule has 0 bridgehead atoms. The molecule has 0 radical (unpaired) electrons. The van der Waals surface area contributed by atoms with Crippen LogP contribution in [0.1, 0.15) is 17.3 Å². The van der Waals surface area contributed by atoms with Gasteiger partial charge in [0.25, 0.3) is 0 Å². The zero-order chi connectivity index (χ0) is 18.8. The predicted molar refractivity (Wildman–Crippen MR) is 86.3 cm³/mol. The molecule has 3 rings (SSSR count). The molecule has 0 aromatic heterocycles. The Hall–Kier alpha value is -3.09. The Labute approximate surface area is 145 Å². The van der Waals surface area contributed by atoms with E-state index in [1.807, 2.05) is 0 Å². The van der Waals surface area contributed by atoms with Crippen molar-refractivity contribution in [1.29, 1.82) is 0 Å². The second-order valence-corrected chi connectivity index (χ2v) is 5.36. The van der Waals surface area contributed by atoms with Gasteiger partial charge in [0.2, 0.25) is 0 Å². The number of ether oxygens (including phenoxy) is 2. The Balaban J connectivity index is 1.90. The smallest absolute Gasteiger partial charge is 0.349 e. The number of benzene rings is 3. The number of halogens is 4. The topological polar surface area (TPSA) is 35.5 Å². The van der Waals surface area contributed by atoms with Gasteiger partial charge in [0.15, 0.2) is 11.6 Å². The van der Waals surface area contributed by atoms with Crippen LogP contribution in [-0.4, -0.2) is 12.6 Å². The molecule has 3 aromatic carbocycles. The summed E-state index contributed by atoms with van der Waals surface area (Å²) in [5.41, 5.74) is -0.876. The Kier molecular flexibility index (Phi) is 4.79. The van der Waals surface area contributed by atoms with Gasteiger partial charge in [0, 0.05) is 12.1 Å². The lowest BCUT2D eigenvalue weighted by molar-refractivity contribution is 0.0724. The zero-order valence-electron chi connectivity index (χ0n) is 13.5. The third-order valence-electron chi connectivity index (χ3n) is 3.59. The maximum atomic E-state index is 14.0. The number of carbonyl (C=O) groups excluding carboxylic acids is 1. The zero-order valence-corrected chi connectivity index (χ0v) is 13.5. The average molecular weight is 364 g/mol. The standard InChI is InChI=1S/C19H12F4O3/c1-2-25-13-8-16(22)18(17(23)9-13)19(24)26-12-4-3-10-6-14(20)15(21)7-11(10)5-12/h3-9H,2H2,1H3. The molecule has 0 spiro atoms. The minimum atomic E-state index is -1.26. The fraction of sp³-hybridized carbons (Fsp3) is 0.105. The van der Waals surface area contributed by atoms with Crippen LogP contribution in [0, 0.1) is 23.3 Å². The van der Waals surface area contributed by atoms with E-state index in [0.29, 0.717) is 5.39 Å². The molecule has 0 aliphatic heterocycles. The van der Waals surface area contributed by atoms with Crippen molar-refractivity contribution in [2.24, 2.45) is 0 Å². The largest absolute Gasteiger partial charge is 0.494 e. The van der Waals surface area contributed by atoms with Crippen LogP contribution < -0.4 is 9.47 Å². The molecule has 0 saturated heterocycles. The lowest BCUT2D eigenvalue weighted by atomic mass is 10.1. The molecule has 134 valence electrons. The number of fused-ring (bicyclic) bond motifs is 1. The van der Waals surface area contributed by atoms with Crippen LogP contribution in [0.5, 0.6) is 11.5 Å². The fourth-order valence-electron chi connectivity index (χ4n) is 2.44. The molecule has 3 nitrogen and oxygen atoms in total. The number of hydrogen-bond donors (Lipinski definition) is 0. The maximum Gasteiger partial charge on any atom is 0.349 e. The van der Waals surface area contributed by atoms with E-state index in [4.69, 9.17) is 9.47 Å². The van der Waals surface area contributed by atoms with E-state index in [9.17, 15) is 22.4 Å².